The van der Waals surface area contributed by atoms with Gasteiger partial charge in [-0.3, -0.25) is 4.90 Å². The van der Waals surface area contributed by atoms with Crippen molar-refractivity contribution in [3.8, 4) is 0 Å². The SMILES string of the molecule is CC1CN(Cc2ccccc2Cl)CCO1. The van der Waals surface area contributed by atoms with Gasteiger partial charge in [0.05, 0.1) is 12.7 Å². The number of halogens is 1. The van der Waals surface area contributed by atoms with E-state index in [9.17, 15) is 0 Å². The maximum atomic E-state index is 6.12. The van der Waals surface area contributed by atoms with Crippen LogP contribution in [0.1, 0.15) is 12.5 Å². The van der Waals surface area contributed by atoms with Crippen molar-refractivity contribution in [2.45, 2.75) is 19.6 Å². The van der Waals surface area contributed by atoms with E-state index in [1.807, 2.05) is 18.2 Å². The van der Waals surface area contributed by atoms with Gasteiger partial charge < -0.3 is 4.74 Å². The van der Waals surface area contributed by atoms with E-state index in [1.165, 1.54) is 5.56 Å². The largest absolute Gasteiger partial charge is 0.376 e. The van der Waals surface area contributed by atoms with Crippen molar-refractivity contribution in [2.75, 3.05) is 19.7 Å². The molecule has 0 bridgehead atoms. The van der Waals surface area contributed by atoms with Gasteiger partial charge >= 0.3 is 0 Å². The lowest BCUT2D eigenvalue weighted by Crippen LogP contribution is -2.40. The molecule has 0 spiro atoms. The van der Waals surface area contributed by atoms with Gasteiger partial charge in [0.1, 0.15) is 0 Å². The van der Waals surface area contributed by atoms with E-state index in [2.05, 4.69) is 17.9 Å². The van der Waals surface area contributed by atoms with E-state index < -0.39 is 0 Å². The maximum absolute atomic E-state index is 6.12. The Morgan fingerprint density at radius 1 is 1.47 bits per heavy atom. The average molecular weight is 226 g/mol. The standard InChI is InChI=1S/C12H16ClNO/c1-10-8-14(6-7-15-10)9-11-4-2-3-5-12(11)13/h2-5,10H,6-9H2,1H3. The predicted molar refractivity (Wildman–Crippen MR) is 62.1 cm³/mol. The summed E-state index contributed by atoms with van der Waals surface area (Å²) in [6.07, 6.45) is 0.334. The molecule has 2 nitrogen and oxygen atoms in total. The first-order valence-electron chi connectivity index (χ1n) is 5.33. The Balaban J connectivity index is 1.99. The summed E-state index contributed by atoms with van der Waals surface area (Å²) in [5.41, 5.74) is 1.20. The molecule has 1 aromatic rings. The Morgan fingerprint density at radius 2 is 2.27 bits per heavy atom. The summed E-state index contributed by atoms with van der Waals surface area (Å²) in [5, 5.41) is 0.858. The van der Waals surface area contributed by atoms with Gasteiger partial charge in [-0.25, -0.2) is 0 Å². The van der Waals surface area contributed by atoms with Gasteiger partial charge in [-0.1, -0.05) is 29.8 Å². The van der Waals surface area contributed by atoms with Crippen molar-refractivity contribution in [2.24, 2.45) is 0 Å². The highest BCUT2D eigenvalue weighted by atomic mass is 35.5. The highest BCUT2D eigenvalue weighted by Gasteiger charge is 2.17. The van der Waals surface area contributed by atoms with Crippen LogP contribution in [0.15, 0.2) is 24.3 Å². The Labute approximate surface area is 95.8 Å². The number of rotatable bonds is 2. The monoisotopic (exact) mass is 225 g/mol. The summed E-state index contributed by atoms with van der Waals surface area (Å²) in [4.78, 5) is 2.38. The second-order valence-corrected chi connectivity index (χ2v) is 4.42. The molecule has 1 saturated heterocycles. The van der Waals surface area contributed by atoms with Gasteiger partial charge in [0.25, 0.3) is 0 Å². The Bertz CT molecular complexity index is 329. The Morgan fingerprint density at radius 3 is 3.00 bits per heavy atom. The van der Waals surface area contributed by atoms with Gasteiger partial charge in [-0.2, -0.15) is 0 Å². The van der Waals surface area contributed by atoms with Gasteiger partial charge in [0.15, 0.2) is 0 Å². The summed E-state index contributed by atoms with van der Waals surface area (Å²) >= 11 is 6.12. The molecule has 3 heteroatoms. The zero-order chi connectivity index (χ0) is 10.7. The minimum Gasteiger partial charge on any atom is -0.376 e. The van der Waals surface area contributed by atoms with Crippen LogP contribution >= 0.6 is 11.6 Å². The molecule has 0 radical (unpaired) electrons. The van der Waals surface area contributed by atoms with Gasteiger partial charge in [0.2, 0.25) is 0 Å². The molecule has 2 rings (SSSR count). The molecule has 1 fully saturated rings. The van der Waals surface area contributed by atoms with Crippen molar-refractivity contribution in [3.63, 3.8) is 0 Å². The first-order chi connectivity index (χ1) is 7.25. The summed E-state index contributed by atoms with van der Waals surface area (Å²) in [5.74, 6) is 0. The van der Waals surface area contributed by atoms with E-state index in [-0.39, 0.29) is 0 Å². The molecule has 1 aliphatic heterocycles. The second-order valence-electron chi connectivity index (χ2n) is 4.01. The highest BCUT2D eigenvalue weighted by molar-refractivity contribution is 6.31. The van der Waals surface area contributed by atoms with Crippen LogP contribution in [-0.4, -0.2) is 30.7 Å². The average Bonchev–Trinajstić information content (AvgIpc) is 2.22. The molecule has 0 N–H and O–H groups in total. The fourth-order valence-corrected chi connectivity index (χ4v) is 2.10. The minimum absolute atomic E-state index is 0.334. The molecular formula is C12H16ClNO. The van der Waals surface area contributed by atoms with Gasteiger partial charge in [-0.15, -0.1) is 0 Å². The number of hydrogen-bond acceptors (Lipinski definition) is 2. The molecule has 0 aliphatic carbocycles. The first-order valence-corrected chi connectivity index (χ1v) is 5.71. The van der Waals surface area contributed by atoms with Crippen LogP contribution in [0.2, 0.25) is 5.02 Å². The zero-order valence-corrected chi connectivity index (χ0v) is 9.70. The lowest BCUT2D eigenvalue weighted by atomic mass is 10.2. The molecule has 0 aromatic heterocycles. The lowest BCUT2D eigenvalue weighted by Gasteiger charge is -2.31. The van der Waals surface area contributed by atoms with Crippen LogP contribution < -0.4 is 0 Å². The molecule has 82 valence electrons. The van der Waals surface area contributed by atoms with Crippen LogP contribution in [0.4, 0.5) is 0 Å². The normalized spacial score (nSPS) is 22.9. The van der Waals surface area contributed by atoms with Crippen molar-refractivity contribution in [3.05, 3.63) is 34.9 Å². The van der Waals surface area contributed by atoms with Gasteiger partial charge in [0, 0.05) is 24.7 Å². The molecular weight excluding hydrogens is 210 g/mol. The Hall–Kier alpha value is -0.570. The Kier molecular flexibility index (Phi) is 3.62. The second kappa shape index (κ2) is 4.97. The van der Waals surface area contributed by atoms with Crippen LogP contribution in [0.5, 0.6) is 0 Å². The van der Waals surface area contributed by atoms with Crippen LogP contribution in [0, 0.1) is 0 Å². The van der Waals surface area contributed by atoms with Crippen LogP contribution in [-0.2, 0) is 11.3 Å². The number of morpholine rings is 1. The third-order valence-corrected chi connectivity index (χ3v) is 3.05. The number of benzene rings is 1. The molecule has 1 heterocycles. The fraction of sp³-hybridized carbons (Fsp3) is 0.500. The number of nitrogens with zero attached hydrogens (tertiary/aromatic N) is 1. The topological polar surface area (TPSA) is 12.5 Å². The quantitative estimate of drug-likeness (QED) is 0.767. The molecule has 0 saturated carbocycles. The van der Waals surface area contributed by atoms with Crippen molar-refractivity contribution >= 4 is 11.6 Å². The molecule has 1 aliphatic rings. The third kappa shape index (κ3) is 2.94. The number of hydrogen-bond donors (Lipinski definition) is 0. The van der Waals surface area contributed by atoms with Crippen LogP contribution in [0.25, 0.3) is 0 Å². The molecule has 1 unspecified atom stereocenters. The van der Waals surface area contributed by atoms with Crippen molar-refractivity contribution in [1.29, 1.82) is 0 Å². The minimum atomic E-state index is 0.334. The van der Waals surface area contributed by atoms with Crippen LogP contribution in [0.3, 0.4) is 0 Å². The van der Waals surface area contributed by atoms with E-state index >= 15 is 0 Å². The molecule has 1 aromatic carbocycles. The predicted octanol–water partition coefficient (Wildman–Crippen LogP) is 2.56. The third-order valence-electron chi connectivity index (χ3n) is 2.68. The van der Waals surface area contributed by atoms with Crippen molar-refractivity contribution in [1.82, 2.24) is 4.90 Å². The van der Waals surface area contributed by atoms with E-state index in [0.717, 1.165) is 31.3 Å². The van der Waals surface area contributed by atoms with E-state index in [1.54, 1.807) is 0 Å². The van der Waals surface area contributed by atoms with Crippen molar-refractivity contribution < 1.29 is 4.74 Å². The smallest absolute Gasteiger partial charge is 0.0674 e. The fourth-order valence-electron chi connectivity index (χ4n) is 1.90. The highest BCUT2D eigenvalue weighted by Crippen LogP contribution is 2.18. The summed E-state index contributed by atoms with van der Waals surface area (Å²) in [7, 11) is 0. The molecule has 1 atom stereocenters. The summed E-state index contributed by atoms with van der Waals surface area (Å²) in [6, 6.07) is 8.03. The molecule has 0 amide bonds. The maximum Gasteiger partial charge on any atom is 0.0674 e. The summed E-state index contributed by atoms with van der Waals surface area (Å²) in [6.45, 7) is 5.85. The first kappa shape index (κ1) is 10.9. The zero-order valence-electron chi connectivity index (χ0n) is 8.95. The van der Waals surface area contributed by atoms with E-state index in [4.69, 9.17) is 16.3 Å². The lowest BCUT2D eigenvalue weighted by molar-refractivity contribution is -0.0212. The number of ether oxygens (including phenoxy) is 1. The van der Waals surface area contributed by atoms with Gasteiger partial charge in [-0.05, 0) is 18.6 Å². The van der Waals surface area contributed by atoms with E-state index in [0.29, 0.717) is 6.10 Å². The summed E-state index contributed by atoms with van der Waals surface area (Å²) < 4.78 is 5.50. The molecule has 15 heavy (non-hydrogen) atoms.